The molecule has 2 aromatic carbocycles. The van der Waals surface area contributed by atoms with Gasteiger partial charge >= 0.3 is 5.97 Å². The predicted octanol–water partition coefficient (Wildman–Crippen LogP) is 4.23. The first kappa shape index (κ1) is 22.8. The summed E-state index contributed by atoms with van der Waals surface area (Å²) in [5.41, 5.74) is 9.13. The Kier molecular flexibility index (Phi) is 7.06. The van der Waals surface area contributed by atoms with E-state index in [2.05, 4.69) is 6.07 Å². The Morgan fingerprint density at radius 2 is 1.88 bits per heavy atom. The van der Waals surface area contributed by atoms with Gasteiger partial charge in [-0.3, -0.25) is 0 Å². The summed E-state index contributed by atoms with van der Waals surface area (Å²) in [6, 6.07) is 15.3. The van der Waals surface area contributed by atoms with Gasteiger partial charge in [-0.2, -0.15) is 5.26 Å². The number of nitrogens with two attached hydrogens (primary N) is 1. The summed E-state index contributed by atoms with van der Waals surface area (Å²) in [5, 5.41) is 9.75. The number of carbonyl (C=O) groups excluding carboxylic acids is 1. The van der Waals surface area contributed by atoms with E-state index in [0.717, 1.165) is 11.1 Å². The van der Waals surface area contributed by atoms with E-state index in [1.807, 2.05) is 31.2 Å². The fraction of sp³-hybridized carbons (Fsp3) is 0.280. The molecule has 0 fully saturated rings. The molecule has 0 spiro atoms. The van der Waals surface area contributed by atoms with Crippen molar-refractivity contribution in [1.29, 1.82) is 5.26 Å². The molecule has 1 aliphatic rings. The van der Waals surface area contributed by atoms with Crippen LogP contribution in [0.5, 0.6) is 11.5 Å². The third-order valence-corrected chi connectivity index (χ3v) is 5.14. The van der Waals surface area contributed by atoms with Gasteiger partial charge < -0.3 is 24.7 Å². The van der Waals surface area contributed by atoms with Crippen molar-refractivity contribution >= 4 is 5.97 Å². The minimum Gasteiger partial charge on any atom is -0.493 e. The highest BCUT2D eigenvalue weighted by Crippen LogP contribution is 2.42. The number of nitriles is 1. The summed E-state index contributed by atoms with van der Waals surface area (Å²) < 4.78 is 22.2. The standard InChI is InChI=1S/C25H26N2O5/c1-5-30-25(28)22-16(3)32-24(27)19(13-26)23(22)18-10-11-20(29-4)21(12-18)31-14-17-8-6-15(2)7-9-17/h6-12,23H,5,14,27H2,1-4H3. The number of esters is 1. The third kappa shape index (κ3) is 4.70. The number of rotatable bonds is 7. The van der Waals surface area contributed by atoms with Crippen LogP contribution >= 0.6 is 0 Å². The highest BCUT2D eigenvalue weighted by molar-refractivity contribution is 5.92. The van der Waals surface area contributed by atoms with Crippen LogP contribution < -0.4 is 15.2 Å². The lowest BCUT2D eigenvalue weighted by atomic mass is 9.83. The van der Waals surface area contributed by atoms with Gasteiger partial charge in [-0.1, -0.05) is 35.9 Å². The molecule has 1 heterocycles. The molecule has 0 radical (unpaired) electrons. The number of hydrogen-bond acceptors (Lipinski definition) is 7. The molecule has 0 saturated carbocycles. The third-order valence-electron chi connectivity index (χ3n) is 5.14. The van der Waals surface area contributed by atoms with Crippen LogP contribution in [0, 0.1) is 18.3 Å². The van der Waals surface area contributed by atoms with Crippen LogP contribution in [0.2, 0.25) is 0 Å². The molecule has 1 unspecified atom stereocenters. The van der Waals surface area contributed by atoms with Crippen molar-refractivity contribution in [1.82, 2.24) is 0 Å². The van der Waals surface area contributed by atoms with E-state index in [1.54, 1.807) is 39.2 Å². The predicted molar refractivity (Wildman–Crippen MR) is 118 cm³/mol. The molecule has 3 rings (SSSR count). The van der Waals surface area contributed by atoms with Crippen LogP contribution in [0.3, 0.4) is 0 Å². The van der Waals surface area contributed by atoms with Gasteiger partial charge in [-0.05, 0) is 44.0 Å². The van der Waals surface area contributed by atoms with E-state index < -0.39 is 11.9 Å². The van der Waals surface area contributed by atoms with Gasteiger partial charge in [0.2, 0.25) is 5.88 Å². The molecular weight excluding hydrogens is 408 g/mol. The zero-order chi connectivity index (χ0) is 23.3. The zero-order valence-electron chi connectivity index (χ0n) is 18.6. The Morgan fingerprint density at radius 3 is 2.50 bits per heavy atom. The Bertz CT molecular complexity index is 1110. The molecule has 32 heavy (non-hydrogen) atoms. The van der Waals surface area contributed by atoms with Gasteiger partial charge in [0.25, 0.3) is 0 Å². The van der Waals surface area contributed by atoms with Crippen molar-refractivity contribution in [3.63, 3.8) is 0 Å². The largest absolute Gasteiger partial charge is 0.493 e. The second kappa shape index (κ2) is 9.92. The molecule has 0 saturated heterocycles. The summed E-state index contributed by atoms with van der Waals surface area (Å²) in [6.07, 6.45) is 0. The average Bonchev–Trinajstić information content (AvgIpc) is 2.78. The first-order valence-corrected chi connectivity index (χ1v) is 10.2. The summed E-state index contributed by atoms with van der Waals surface area (Å²) in [6.45, 7) is 5.88. The average molecular weight is 434 g/mol. The van der Waals surface area contributed by atoms with Crippen molar-refractivity contribution in [2.75, 3.05) is 13.7 Å². The minimum atomic E-state index is -0.750. The maximum atomic E-state index is 12.7. The molecule has 0 bridgehead atoms. The summed E-state index contributed by atoms with van der Waals surface area (Å²) in [5.74, 6) is -0.0481. The van der Waals surface area contributed by atoms with Crippen LogP contribution in [0.25, 0.3) is 0 Å². The molecular formula is C25H26N2O5. The zero-order valence-corrected chi connectivity index (χ0v) is 18.6. The Balaban J connectivity index is 2.02. The quantitative estimate of drug-likeness (QED) is 0.651. The Morgan fingerprint density at radius 1 is 1.16 bits per heavy atom. The molecule has 0 aromatic heterocycles. The first-order chi connectivity index (χ1) is 15.4. The lowest BCUT2D eigenvalue weighted by Gasteiger charge is -2.27. The monoisotopic (exact) mass is 434 g/mol. The normalized spacial score (nSPS) is 15.7. The number of allylic oxidation sites excluding steroid dienone is 2. The molecule has 166 valence electrons. The molecule has 0 aliphatic carbocycles. The SMILES string of the molecule is CCOC(=O)C1=C(C)OC(N)=C(C#N)C1c1ccc(OC)c(OCc2ccc(C)cc2)c1. The summed E-state index contributed by atoms with van der Waals surface area (Å²) >= 11 is 0. The first-order valence-electron chi connectivity index (χ1n) is 10.2. The second-order valence-corrected chi connectivity index (χ2v) is 7.30. The van der Waals surface area contributed by atoms with Crippen molar-refractivity contribution in [2.24, 2.45) is 5.73 Å². The van der Waals surface area contributed by atoms with E-state index >= 15 is 0 Å². The minimum absolute atomic E-state index is 0.0407. The number of nitrogens with zero attached hydrogens (tertiary/aromatic N) is 1. The van der Waals surface area contributed by atoms with Crippen molar-refractivity contribution in [3.8, 4) is 17.6 Å². The maximum absolute atomic E-state index is 12.7. The van der Waals surface area contributed by atoms with Crippen LogP contribution in [-0.4, -0.2) is 19.7 Å². The van der Waals surface area contributed by atoms with Crippen LogP contribution in [0.1, 0.15) is 36.5 Å². The molecule has 7 nitrogen and oxygen atoms in total. The van der Waals surface area contributed by atoms with E-state index in [1.165, 1.54) is 0 Å². The lowest BCUT2D eigenvalue weighted by Crippen LogP contribution is -2.25. The molecule has 7 heteroatoms. The van der Waals surface area contributed by atoms with Crippen molar-refractivity contribution < 1.29 is 23.7 Å². The van der Waals surface area contributed by atoms with Gasteiger partial charge in [-0.15, -0.1) is 0 Å². The molecule has 2 aromatic rings. The molecule has 1 aliphatic heterocycles. The van der Waals surface area contributed by atoms with Crippen molar-refractivity contribution in [2.45, 2.75) is 33.3 Å². The Hall–Kier alpha value is -3.92. The van der Waals surface area contributed by atoms with E-state index in [4.69, 9.17) is 24.7 Å². The number of benzene rings is 2. The van der Waals surface area contributed by atoms with Gasteiger partial charge in [0, 0.05) is 0 Å². The lowest BCUT2D eigenvalue weighted by molar-refractivity contribution is -0.139. The van der Waals surface area contributed by atoms with E-state index in [9.17, 15) is 10.1 Å². The van der Waals surface area contributed by atoms with Crippen LogP contribution in [0.4, 0.5) is 0 Å². The van der Waals surface area contributed by atoms with E-state index in [-0.39, 0.29) is 23.6 Å². The van der Waals surface area contributed by atoms with Gasteiger partial charge in [0.05, 0.1) is 25.2 Å². The van der Waals surface area contributed by atoms with E-state index in [0.29, 0.717) is 29.4 Å². The molecule has 1 atom stereocenters. The Labute approximate surface area is 187 Å². The molecule has 0 amide bonds. The second-order valence-electron chi connectivity index (χ2n) is 7.30. The number of hydrogen-bond donors (Lipinski definition) is 1. The summed E-state index contributed by atoms with van der Waals surface area (Å²) in [7, 11) is 1.55. The smallest absolute Gasteiger partial charge is 0.338 e. The number of aryl methyl sites for hydroxylation is 1. The number of carbonyl (C=O) groups is 1. The summed E-state index contributed by atoms with van der Waals surface area (Å²) in [4.78, 5) is 12.7. The maximum Gasteiger partial charge on any atom is 0.338 e. The number of ether oxygens (including phenoxy) is 4. The van der Waals surface area contributed by atoms with Crippen LogP contribution in [0.15, 0.2) is 65.3 Å². The highest BCUT2D eigenvalue weighted by Gasteiger charge is 2.36. The molecule has 2 N–H and O–H groups in total. The van der Waals surface area contributed by atoms with Gasteiger partial charge in [0.15, 0.2) is 11.5 Å². The fourth-order valence-corrected chi connectivity index (χ4v) is 3.52. The van der Waals surface area contributed by atoms with Gasteiger partial charge in [0.1, 0.15) is 24.0 Å². The van der Waals surface area contributed by atoms with Crippen molar-refractivity contribution in [3.05, 3.63) is 81.9 Å². The highest BCUT2D eigenvalue weighted by atomic mass is 16.5. The number of methoxy groups -OCH3 is 1. The topological polar surface area (TPSA) is 104 Å². The van der Waals surface area contributed by atoms with Gasteiger partial charge in [-0.25, -0.2) is 4.79 Å². The van der Waals surface area contributed by atoms with Crippen LogP contribution in [-0.2, 0) is 20.9 Å². The fourth-order valence-electron chi connectivity index (χ4n) is 3.52.